The third kappa shape index (κ3) is 2.71. The van der Waals surface area contributed by atoms with Gasteiger partial charge >= 0.3 is 0 Å². The van der Waals surface area contributed by atoms with Gasteiger partial charge in [-0.05, 0) is 38.5 Å². The van der Waals surface area contributed by atoms with E-state index in [1.165, 1.54) is 12.8 Å². The molecule has 0 aromatic heterocycles. The Morgan fingerprint density at radius 3 is 2.82 bits per heavy atom. The van der Waals surface area contributed by atoms with Crippen molar-refractivity contribution < 1.29 is 4.79 Å². The van der Waals surface area contributed by atoms with E-state index in [1.54, 1.807) is 0 Å². The van der Waals surface area contributed by atoms with Crippen molar-refractivity contribution in [1.82, 2.24) is 10.2 Å². The monoisotopic (exact) mass is 236 g/mol. The first kappa shape index (κ1) is 12.6. The van der Waals surface area contributed by atoms with Gasteiger partial charge in [0, 0.05) is 32.1 Å². The van der Waals surface area contributed by atoms with Crippen LogP contribution in [0.5, 0.6) is 0 Å². The lowest BCUT2D eigenvalue weighted by Gasteiger charge is -2.40. The Morgan fingerprint density at radius 1 is 1.41 bits per heavy atom. The van der Waals surface area contributed by atoms with Crippen LogP contribution in [0.3, 0.4) is 0 Å². The molecule has 0 radical (unpaired) electrons. The number of rotatable bonds is 6. The molecule has 2 aliphatic carbocycles. The van der Waals surface area contributed by atoms with Gasteiger partial charge in [0.05, 0.1) is 0 Å². The summed E-state index contributed by atoms with van der Waals surface area (Å²) >= 11 is 0. The van der Waals surface area contributed by atoms with Crippen molar-refractivity contribution in [3.63, 3.8) is 0 Å². The van der Waals surface area contributed by atoms with Crippen molar-refractivity contribution in [3.8, 4) is 0 Å². The van der Waals surface area contributed by atoms with Gasteiger partial charge in [-0.25, -0.2) is 0 Å². The van der Waals surface area contributed by atoms with Crippen molar-refractivity contribution in [1.29, 1.82) is 0 Å². The van der Waals surface area contributed by atoms with E-state index in [4.69, 9.17) is 0 Å². The molecule has 0 aromatic rings. The zero-order valence-corrected chi connectivity index (χ0v) is 11.0. The molecule has 3 heteroatoms. The highest BCUT2D eigenvalue weighted by molar-refractivity contribution is 5.76. The first-order valence-electron chi connectivity index (χ1n) is 6.94. The van der Waals surface area contributed by atoms with Gasteiger partial charge in [-0.2, -0.15) is 0 Å². The molecule has 17 heavy (non-hydrogen) atoms. The molecule has 96 valence electrons. The fourth-order valence-electron chi connectivity index (χ4n) is 3.05. The van der Waals surface area contributed by atoms with E-state index in [-0.39, 0.29) is 5.91 Å². The molecule has 0 aliphatic heterocycles. The van der Waals surface area contributed by atoms with E-state index in [0.29, 0.717) is 12.5 Å². The summed E-state index contributed by atoms with van der Waals surface area (Å²) in [5, 5.41) is 3.53. The fourth-order valence-corrected chi connectivity index (χ4v) is 3.05. The van der Waals surface area contributed by atoms with Gasteiger partial charge in [-0.1, -0.05) is 12.2 Å². The Bertz CT molecular complexity index is 297. The van der Waals surface area contributed by atoms with Gasteiger partial charge in [0.25, 0.3) is 0 Å². The number of fused-ring (bicyclic) bond motifs is 1. The number of hydrogen-bond acceptors (Lipinski definition) is 2. The molecule has 0 bridgehead atoms. The highest BCUT2D eigenvalue weighted by Gasteiger charge is 2.40. The van der Waals surface area contributed by atoms with Crippen LogP contribution in [0.4, 0.5) is 0 Å². The van der Waals surface area contributed by atoms with Crippen LogP contribution in [-0.4, -0.2) is 36.5 Å². The molecule has 1 fully saturated rings. The van der Waals surface area contributed by atoms with Crippen LogP contribution < -0.4 is 5.32 Å². The number of carbonyl (C=O) groups excluding carboxylic acids is 1. The molecule has 1 amide bonds. The lowest BCUT2D eigenvalue weighted by molar-refractivity contribution is -0.130. The molecular formula is C14H24N2O. The number of hydrogen-bond donors (Lipinski definition) is 1. The molecule has 0 saturated heterocycles. The first-order chi connectivity index (χ1) is 8.26. The van der Waals surface area contributed by atoms with E-state index >= 15 is 0 Å². The quantitative estimate of drug-likeness (QED) is 0.713. The molecule has 1 saturated carbocycles. The lowest BCUT2D eigenvalue weighted by Crippen LogP contribution is -2.48. The maximum atomic E-state index is 11.8. The van der Waals surface area contributed by atoms with Gasteiger partial charge in [-0.3, -0.25) is 4.79 Å². The summed E-state index contributed by atoms with van der Waals surface area (Å²) < 4.78 is 0. The third-order valence-corrected chi connectivity index (χ3v) is 4.22. The van der Waals surface area contributed by atoms with Crippen LogP contribution in [0.2, 0.25) is 0 Å². The summed E-state index contributed by atoms with van der Waals surface area (Å²) in [6, 6.07) is 0.628. The summed E-state index contributed by atoms with van der Waals surface area (Å²) in [4.78, 5) is 13.7. The van der Waals surface area contributed by atoms with Gasteiger partial charge in [0.1, 0.15) is 0 Å². The van der Waals surface area contributed by atoms with Gasteiger partial charge in [0.15, 0.2) is 0 Å². The molecule has 0 aromatic carbocycles. The normalized spacial score (nSPS) is 29.9. The van der Waals surface area contributed by atoms with Crippen LogP contribution in [0.25, 0.3) is 0 Å². The average Bonchev–Trinajstić information content (AvgIpc) is 2.67. The number of allylic oxidation sites excluding steroid dienone is 1. The molecule has 3 atom stereocenters. The maximum Gasteiger partial charge on any atom is 0.223 e. The second-order valence-corrected chi connectivity index (χ2v) is 5.11. The first-order valence-corrected chi connectivity index (χ1v) is 6.94. The Labute approximate surface area is 104 Å². The van der Waals surface area contributed by atoms with Crippen molar-refractivity contribution in [2.45, 2.75) is 39.2 Å². The Hall–Kier alpha value is -0.830. The highest BCUT2D eigenvalue weighted by Crippen LogP contribution is 2.42. The Balaban J connectivity index is 1.63. The zero-order valence-electron chi connectivity index (χ0n) is 11.0. The Kier molecular flexibility index (Phi) is 4.21. The second kappa shape index (κ2) is 5.67. The summed E-state index contributed by atoms with van der Waals surface area (Å²) in [5.74, 6) is 1.92. The minimum Gasteiger partial charge on any atom is -0.343 e. The minimum atomic E-state index is 0.278. The highest BCUT2D eigenvalue weighted by atomic mass is 16.2. The standard InChI is InChI=1S/C14H24N2O/c1-3-16(4-2)14(17)8-9-15-13-10-11-6-5-7-12(11)13/h5,7,11-13,15H,3-4,6,8-10H2,1-2H3. The van der Waals surface area contributed by atoms with E-state index in [1.807, 2.05) is 18.7 Å². The second-order valence-electron chi connectivity index (χ2n) is 5.11. The van der Waals surface area contributed by atoms with Gasteiger partial charge < -0.3 is 10.2 Å². The zero-order chi connectivity index (χ0) is 12.3. The molecule has 3 nitrogen and oxygen atoms in total. The van der Waals surface area contributed by atoms with Crippen LogP contribution in [0, 0.1) is 11.8 Å². The number of nitrogens with one attached hydrogen (secondary N) is 1. The van der Waals surface area contributed by atoms with Gasteiger partial charge in [0.2, 0.25) is 5.91 Å². The summed E-state index contributed by atoms with van der Waals surface area (Å²) in [6.07, 6.45) is 7.84. The topological polar surface area (TPSA) is 32.3 Å². The lowest BCUT2D eigenvalue weighted by atomic mass is 9.71. The van der Waals surface area contributed by atoms with Crippen LogP contribution in [0.1, 0.15) is 33.1 Å². The fraction of sp³-hybridized carbons (Fsp3) is 0.786. The van der Waals surface area contributed by atoms with Crippen molar-refractivity contribution in [3.05, 3.63) is 12.2 Å². The van der Waals surface area contributed by atoms with E-state index in [0.717, 1.165) is 31.5 Å². The Morgan fingerprint density at radius 2 is 2.18 bits per heavy atom. The van der Waals surface area contributed by atoms with Crippen molar-refractivity contribution in [2.24, 2.45) is 11.8 Å². The summed E-state index contributed by atoms with van der Waals surface area (Å²) in [5.41, 5.74) is 0. The average molecular weight is 236 g/mol. The summed E-state index contributed by atoms with van der Waals surface area (Å²) in [6.45, 7) is 6.55. The smallest absolute Gasteiger partial charge is 0.223 e. The van der Waals surface area contributed by atoms with E-state index in [2.05, 4.69) is 17.5 Å². The van der Waals surface area contributed by atoms with Crippen LogP contribution in [-0.2, 0) is 4.79 Å². The summed E-state index contributed by atoms with van der Waals surface area (Å²) in [7, 11) is 0. The predicted octanol–water partition coefficient (Wildman–Crippen LogP) is 1.80. The minimum absolute atomic E-state index is 0.278. The molecule has 2 rings (SSSR count). The predicted molar refractivity (Wildman–Crippen MR) is 69.7 cm³/mol. The van der Waals surface area contributed by atoms with Crippen LogP contribution >= 0.6 is 0 Å². The number of nitrogens with zero attached hydrogens (tertiary/aromatic N) is 1. The van der Waals surface area contributed by atoms with E-state index < -0.39 is 0 Å². The van der Waals surface area contributed by atoms with Gasteiger partial charge in [-0.15, -0.1) is 0 Å². The molecular weight excluding hydrogens is 212 g/mol. The molecule has 1 N–H and O–H groups in total. The SMILES string of the molecule is CCN(CC)C(=O)CCNC1CC2CC=CC21. The molecule has 3 unspecified atom stereocenters. The molecule has 2 aliphatic rings. The van der Waals surface area contributed by atoms with Crippen molar-refractivity contribution >= 4 is 5.91 Å². The number of amides is 1. The van der Waals surface area contributed by atoms with E-state index in [9.17, 15) is 4.79 Å². The van der Waals surface area contributed by atoms with Crippen LogP contribution in [0.15, 0.2) is 12.2 Å². The third-order valence-electron chi connectivity index (χ3n) is 4.22. The molecule has 0 heterocycles. The van der Waals surface area contributed by atoms with Crippen molar-refractivity contribution in [2.75, 3.05) is 19.6 Å². The largest absolute Gasteiger partial charge is 0.343 e. The maximum absolute atomic E-state index is 11.8. The molecule has 0 spiro atoms. The number of carbonyl (C=O) groups is 1.